The van der Waals surface area contributed by atoms with Gasteiger partial charge in [-0.2, -0.15) is 0 Å². The maximum absolute atomic E-state index is 7.76. The Kier molecular flexibility index (Phi) is 4.85. The average molecular weight is 348 g/mol. The first-order valence-corrected chi connectivity index (χ1v) is 7.29. The maximum atomic E-state index is 7.76. The highest BCUT2D eigenvalue weighted by molar-refractivity contribution is 9.10. The van der Waals surface area contributed by atoms with Crippen LogP contribution in [-0.4, -0.2) is 20.0 Å². The van der Waals surface area contributed by atoms with E-state index in [4.69, 9.17) is 15.9 Å². The van der Waals surface area contributed by atoms with Crippen molar-refractivity contribution in [1.82, 2.24) is 0 Å². The molecular formula is C16H18BrN3O. The Morgan fingerprint density at radius 1 is 1.24 bits per heavy atom. The minimum Gasteiger partial charge on any atom is -0.496 e. The molecule has 0 aliphatic heterocycles. The molecule has 0 fully saturated rings. The number of hydrogen-bond acceptors (Lipinski definition) is 3. The van der Waals surface area contributed by atoms with Crippen molar-refractivity contribution in [2.75, 3.05) is 19.1 Å². The summed E-state index contributed by atoms with van der Waals surface area (Å²) in [6.07, 6.45) is 0. The van der Waals surface area contributed by atoms with Gasteiger partial charge in [-0.05, 0) is 34.1 Å². The van der Waals surface area contributed by atoms with Gasteiger partial charge in [0.1, 0.15) is 11.6 Å². The number of nitrogens with one attached hydrogen (secondary N) is 1. The van der Waals surface area contributed by atoms with Crippen LogP contribution in [-0.2, 0) is 6.54 Å². The number of amidine groups is 1. The molecule has 0 saturated carbocycles. The molecule has 0 aliphatic carbocycles. The van der Waals surface area contributed by atoms with Crippen molar-refractivity contribution < 1.29 is 4.74 Å². The lowest BCUT2D eigenvalue weighted by Gasteiger charge is -2.23. The van der Waals surface area contributed by atoms with Crippen LogP contribution in [0.5, 0.6) is 5.75 Å². The molecule has 0 aliphatic rings. The molecule has 4 nitrogen and oxygen atoms in total. The summed E-state index contributed by atoms with van der Waals surface area (Å²) in [5.74, 6) is 0.896. The summed E-state index contributed by atoms with van der Waals surface area (Å²) in [6, 6.07) is 13.7. The summed E-state index contributed by atoms with van der Waals surface area (Å²) in [5, 5.41) is 7.76. The zero-order valence-electron chi connectivity index (χ0n) is 12.1. The van der Waals surface area contributed by atoms with Crippen LogP contribution >= 0.6 is 15.9 Å². The molecule has 0 unspecified atom stereocenters. The summed E-state index contributed by atoms with van der Waals surface area (Å²) < 4.78 is 6.20. The molecule has 0 bridgehead atoms. The van der Waals surface area contributed by atoms with E-state index in [1.807, 2.05) is 49.5 Å². The van der Waals surface area contributed by atoms with Gasteiger partial charge in [0, 0.05) is 29.3 Å². The molecule has 3 N–H and O–H groups in total. The molecule has 2 aromatic carbocycles. The van der Waals surface area contributed by atoms with Gasteiger partial charge in [0.25, 0.3) is 0 Å². The van der Waals surface area contributed by atoms with E-state index in [0.29, 0.717) is 12.1 Å². The third-order valence-corrected chi connectivity index (χ3v) is 3.93. The lowest BCUT2D eigenvalue weighted by molar-refractivity contribution is 0.409. The van der Waals surface area contributed by atoms with Crippen molar-refractivity contribution >= 4 is 27.5 Å². The van der Waals surface area contributed by atoms with Crippen LogP contribution in [0.25, 0.3) is 0 Å². The van der Waals surface area contributed by atoms with Gasteiger partial charge < -0.3 is 15.4 Å². The Hall–Kier alpha value is -2.01. The number of nitrogens with two attached hydrogens (primary N) is 1. The molecule has 0 radical (unpaired) electrons. The minimum atomic E-state index is 0.0457. The molecular weight excluding hydrogens is 330 g/mol. The summed E-state index contributed by atoms with van der Waals surface area (Å²) in [6.45, 7) is 0.667. The van der Waals surface area contributed by atoms with Crippen LogP contribution < -0.4 is 15.4 Å². The highest BCUT2D eigenvalue weighted by Crippen LogP contribution is 2.29. The Morgan fingerprint density at radius 2 is 1.95 bits per heavy atom. The van der Waals surface area contributed by atoms with Crippen molar-refractivity contribution in [3.05, 3.63) is 58.1 Å². The Balaban J connectivity index is 2.35. The highest BCUT2D eigenvalue weighted by Gasteiger charge is 2.14. The van der Waals surface area contributed by atoms with Gasteiger partial charge in [-0.1, -0.05) is 24.3 Å². The van der Waals surface area contributed by atoms with Gasteiger partial charge in [0.15, 0.2) is 0 Å². The number of benzene rings is 2. The standard InChI is InChI=1S/C16H18BrN3O/c1-20(10-11-6-3-4-9-14(11)21-2)13-8-5-7-12(17)15(13)16(18)19/h3-9H,10H2,1-2H3,(H3,18,19). The third-order valence-electron chi connectivity index (χ3n) is 3.27. The summed E-state index contributed by atoms with van der Waals surface area (Å²) in [7, 11) is 3.64. The van der Waals surface area contributed by atoms with Gasteiger partial charge in [0.2, 0.25) is 0 Å². The average Bonchev–Trinajstić information content (AvgIpc) is 2.47. The molecule has 0 heterocycles. The largest absolute Gasteiger partial charge is 0.496 e. The first-order valence-electron chi connectivity index (χ1n) is 6.50. The lowest BCUT2D eigenvalue weighted by Crippen LogP contribution is -2.22. The van der Waals surface area contributed by atoms with E-state index in [9.17, 15) is 0 Å². The lowest BCUT2D eigenvalue weighted by atomic mass is 10.1. The van der Waals surface area contributed by atoms with Crippen LogP contribution in [0.3, 0.4) is 0 Å². The monoisotopic (exact) mass is 347 g/mol. The van der Waals surface area contributed by atoms with E-state index in [0.717, 1.165) is 21.5 Å². The molecule has 0 atom stereocenters. The highest BCUT2D eigenvalue weighted by atomic mass is 79.9. The fourth-order valence-corrected chi connectivity index (χ4v) is 2.84. The first kappa shape index (κ1) is 15.4. The third kappa shape index (κ3) is 3.36. The quantitative estimate of drug-likeness (QED) is 0.643. The fourth-order valence-electron chi connectivity index (χ4n) is 2.27. The number of rotatable bonds is 5. The van der Waals surface area contributed by atoms with Crippen LogP contribution in [0.15, 0.2) is 46.9 Å². The Labute approximate surface area is 133 Å². The second kappa shape index (κ2) is 6.63. The van der Waals surface area contributed by atoms with Crippen LogP contribution in [0.2, 0.25) is 0 Å². The van der Waals surface area contributed by atoms with Gasteiger partial charge in [0.05, 0.1) is 12.7 Å². The van der Waals surface area contributed by atoms with E-state index >= 15 is 0 Å². The number of halogens is 1. The van der Waals surface area contributed by atoms with Crippen molar-refractivity contribution in [3.63, 3.8) is 0 Å². The topological polar surface area (TPSA) is 62.3 Å². The molecule has 0 saturated heterocycles. The zero-order valence-corrected chi connectivity index (χ0v) is 13.6. The van der Waals surface area contributed by atoms with Gasteiger partial charge >= 0.3 is 0 Å². The van der Waals surface area contributed by atoms with Gasteiger partial charge in [-0.3, -0.25) is 5.41 Å². The molecule has 0 spiro atoms. The van der Waals surface area contributed by atoms with Crippen molar-refractivity contribution in [2.45, 2.75) is 6.54 Å². The van der Waals surface area contributed by atoms with E-state index < -0.39 is 0 Å². The SMILES string of the molecule is COc1ccccc1CN(C)c1cccc(Br)c1C(=N)N. The second-order valence-corrected chi connectivity index (χ2v) is 5.57. The fraction of sp³-hybridized carbons (Fsp3) is 0.188. The Morgan fingerprint density at radius 3 is 2.62 bits per heavy atom. The number of ether oxygens (including phenoxy) is 1. The summed E-state index contributed by atoms with van der Waals surface area (Å²) in [5.41, 5.74) is 8.39. The number of hydrogen-bond donors (Lipinski definition) is 2. The van der Waals surface area contributed by atoms with Crippen molar-refractivity contribution in [1.29, 1.82) is 5.41 Å². The molecule has 0 aromatic heterocycles. The molecule has 2 aromatic rings. The van der Waals surface area contributed by atoms with Crippen LogP contribution in [0.1, 0.15) is 11.1 Å². The van der Waals surface area contributed by atoms with E-state index in [2.05, 4.69) is 20.8 Å². The normalized spacial score (nSPS) is 10.2. The molecule has 2 rings (SSSR count). The molecule has 5 heteroatoms. The van der Waals surface area contributed by atoms with Crippen LogP contribution in [0.4, 0.5) is 5.69 Å². The first-order chi connectivity index (χ1) is 10.0. The van der Waals surface area contributed by atoms with E-state index in [-0.39, 0.29) is 5.84 Å². The number of nitrogens with zero attached hydrogens (tertiary/aromatic N) is 1. The predicted octanol–water partition coefficient (Wildman–Crippen LogP) is 3.38. The van der Waals surface area contributed by atoms with E-state index in [1.165, 1.54) is 0 Å². The van der Waals surface area contributed by atoms with Crippen molar-refractivity contribution in [3.8, 4) is 5.75 Å². The number of anilines is 1. The number of nitrogen functional groups attached to an aromatic ring is 1. The molecule has 110 valence electrons. The van der Waals surface area contributed by atoms with Crippen LogP contribution in [0, 0.1) is 5.41 Å². The molecule has 21 heavy (non-hydrogen) atoms. The smallest absolute Gasteiger partial charge is 0.126 e. The Bertz CT molecular complexity index is 658. The van der Waals surface area contributed by atoms with Gasteiger partial charge in [-0.15, -0.1) is 0 Å². The van der Waals surface area contributed by atoms with Gasteiger partial charge in [-0.25, -0.2) is 0 Å². The second-order valence-electron chi connectivity index (χ2n) is 4.72. The minimum absolute atomic E-state index is 0.0457. The summed E-state index contributed by atoms with van der Waals surface area (Å²) >= 11 is 3.46. The van der Waals surface area contributed by atoms with Crippen molar-refractivity contribution in [2.24, 2.45) is 5.73 Å². The zero-order chi connectivity index (χ0) is 15.4. The number of methoxy groups -OCH3 is 1. The maximum Gasteiger partial charge on any atom is 0.126 e. The molecule has 0 amide bonds. The number of para-hydroxylation sites is 1. The summed E-state index contributed by atoms with van der Waals surface area (Å²) in [4.78, 5) is 2.05. The predicted molar refractivity (Wildman–Crippen MR) is 90.3 cm³/mol. The van der Waals surface area contributed by atoms with E-state index in [1.54, 1.807) is 7.11 Å².